The van der Waals surface area contributed by atoms with Crippen LogP contribution in [-0.4, -0.2) is 53.9 Å². The Morgan fingerprint density at radius 3 is 2.71 bits per heavy atom. The SMILES string of the molecule is CCOC(=O)N1CCN(c2[nH]c(=O)cc(O)c2C#N)CC1. The molecule has 1 saturated heterocycles. The number of H-pyrrole nitrogens is 1. The number of carbonyl (C=O) groups excluding carboxylic acids is 1. The van der Waals surface area contributed by atoms with Crippen molar-refractivity contribution in [2.75, 3.05) is 37.7 Å². The number of nitrogens with zero attached hydrogens (tertiary/aromatic N) is 3. The van der Waals surface area contributed by atoms with Gasteiger partial charge in [-0.25, -0.2) is 4.79 Å². The van der Waals surface area contributed by atoms with Crippen molar-refractivity contribution in [2.45, 2.75) is 6.92 Å². The van der Waals surface area contributed by atoms with Crippen LogP contribution in [-0.2, 0) is 4.74 Å². The Hall–Kier alpha value is -2.69. The fraction of sp³-hybridized carbons (Fsp3) is 0.462. The van der Waals surface area contributed by atoms with Gasteiger partial charge < -0.3 is 24.6 Å². The van der Waals surface area contributed by atoms with Gasteiger partial charge in [0.1, 0.15) is 23.2 Å². The molecule has 0 bridgehead atoms. The normalized spacial score (nSPS) is 14.7. The number of pyridine rings is 1. The number of carbonyl (C=O) groups is 1. The van der Waals surface area contributed by atoms with Crippen molar-refractivity contribution < 1.29 is 14.6 Å². The van der Waals surface area contributed by atoms with Gasteiger partial charge in [0.15, 0.2) is 0 Å². The molecule has 0 atom stereocenters. The van der Waals surface area contributed by atoms with Crippen molar-refractivity contribution in [1.29, 1.82) is 5.26 Å². The lowest BCUT2D eigenvalue weighted by atomic mass is 10.2. The van der Waals surface area contributed by atoms with E-state index in [9.17, 15) is 14.7 Å². The van der Waals surface area contributed by atoms with Crippen LogP contribution in [0.3, 0.4) is 0 Å². The molecule has 1 aromatic rings. The number of nitrogens with one attached hydrogen (secondary N) is 1. The second kappa shape index (κ2) is 6.17. The van der Waals surface area contributed by atoms with Gasteiger partial charge >= 0.3 is 6.09 Å². The van der Waals surface area contributed by atoms with E-state index >= 15 is 0 Å². The Morgan fingerprint density at radius 2 is 2.14 bits per heavy atom. The van der Waals surface area contributed by atoms with E-state index in [4.69, 9.17) is 10.00 Å². The molecule has 1 aliphatic heterocycles. The molecule has 2 N–H and O–H groups in total. The monoisotopic (exact) mass is 292 g/mol. The molecule has 1 amide bonds. The van der Waals surface area contributed by atoms with E-state index in [1.54, 1.807) is 16.7 Å². The minimum atomic E-state index is -0.477. The van der Waals surface area contributed by atoms with Gasteiger partial charge in [0.05, 0.1) is 6.61 Å². The minimum Gasteiger partial charge on any atom is -0.506 e. The molecule has 8 nitrogen and oxygen atoms in total. The molecule has 8 heteroatoms. The number of aromatic amines is 1. The van der Waals surface area contributed by atoms with Gasteiger partial charge in [-0.1, -0.05) is 0 Å². The van der Waals surface area contributed by atoms with E-state index in [1.807, 2.05) is 6.07 Å². The molecule has 0 aliphatic carbocycles. The number of rotatable bonds is 2. The number of piperazine rings is 1. The zero-order valence-corrected chi connectivity index (χ0v) is 11.6. The Balaban J connectivity index is 2.15. The molecule has 1 aliphatic rings. The van der Waals surface area contributed by atoms with Gasteiger partial charge in [0.25, 0.3) is 5.56 Å². The average molecular weight is 292 g/mol. The number of nitriles is 1. The number of ether oxygens (including phenoxy) is 1. The maximum absolute atomic E-state index is 11.6. The van der Waals surface area contributed by atoms with Gasteiger partial charge in [0, 0.05) is 32.2 Å². The number of hydrogen-bond acceptors (Lipinski definition) is 6. The predicted octanol–water partition coefficient (Wildman–Crippen LogP) is 0.231. The number of hydrogen-bond donors (Lipinski definition) is 2. The molecule has 0 spiro atoms. The van der Waals surface area contributed by atoms with Crippen molar-refractivity contribution in [3.8, 4) is 11.8 Å². The summed E-state index contributed by atoms with van der Waals surface area (Å²) in [6.45, 7) is 3.77. The summed E-state index contributed by atoms with van der Waals surface area (Å²) in [5.41, 5.74) is -0.450. The lowest BCUT2D eigenvalue weighted by molar-refractivity contribution is 0.105. The van der Waals surface area contributed by atoms with Crippen molar-refractivity contribution in [3.63, 3.8) is 0 Å². The summed E-state index contributed by atoms with van der Waals surface area (Å²) in [5.74, 6) is -0.0601. The standard InChI is InChI=1S/C13H16N4O4/c1-2-21-13(20)17-5-3-16(4-6-17)12-9(8-14)10(18)7-11(19)15-12/h7H,2-6H2,1H3,(H2,15,18,19). The number of aromatic hydroxyl groups is 1. The molecule has 1 aromatic heterocycles. The second-order valence-electron chi connectivity index (χ2n) is 4.53. The fourth-order valence-electron chi connectivity index (χ4n) is 2.21. The van der Waals surface area contributed by atoms with Crippen molar-refractivity contribution in [2.24, 2.45) is 0 Å². The van der Waals surface area contributed by atoms with E-state index in [-0.39, 0.29) is 23.2 Å². The first-order chi connectivity index (χ1) is 10.1. The van der Waals surface area contributed by atoms with Gasteiger partial charge in [-0.3, -0.25) is 4.79 Å². The van der Waals surface area contributed by atoms with Crippen LogP contribution in [0.2, 0.25) is 0 Å². The van der Waals surface area contributed by atoms with E-state index in [2.05, 4.69) is 4.98 Å². The molecule has 2 heterocycles. The van der Waals surface area contributed by atoms with E-state index in [1.165, 1.54) is 0 Å². The zero-order chi connectivity index (χ0) is 15.4. The fourth-order valence-corrected chi connectivity index (χ4v) is 2.21. The van der Waals surface area contributed by atoms with Crippen LogP contribution in [0.15, 0.2) is 10.9 Å². The molecule has 21 heavy (non-hydrogen) atoms. The summed E-state index contributed by atoms with van der Waals surface area (Å²) in [5, 5.41) is 18.7. The van der Waals surface area contributed by atoms with Crippen LogP contribution in [0.1, 0.15) is 12.5 Å². The smallest absolute Gasteiger partial charge is 0.409 e. The van der Waals surface area contributed by atoms with Crippen LogP contribution in [0.4, 0.5) is 10.6 Å². The highest BCUT2D eigenvalue weighted by Gasteiger charge is 2.25. The number of amides is 1. The maximum Gasteiger partial charge on any atom is 0.409 e. The summed E-state index contributed by atoms with van der Waals surface area (Å²) in [6.07, 6.45) is -0.373. The summed E-state index contributed by atoms with van der Waals surface area (Å²) in [4.78, 5) is 28.9. The number of aromatic nitrogens is 1. The second-order valence-corrected chi connectivity index (χ2v) is 4.53. The van der Waals surface area contributed by atoms with E-state index in [0.29, 0.717) is 32.8 Å². The Bertz CT molecular complexity index is 626. The minimum absolute atomic E-state index is 0.0270. The molecule has 0 aromatic carbocycles. The van der Waals surface area contributed by atoms with Crippen molar-refractivity contribution in [3.05, 3.63) is 22.0 Å². The third-order valence-electron chi connectivity index (χ3n) is 3.24. The van der Waals surface area contributed by atoms with Crippen molar-refractivity contribution in [1.82, 2.24) is 9.88 Å². The van der Waals surface area contributed by atoms with Gasteiger partial charge in [-0.05, 0) is 6.92 Å². The van der Waals surface area contributed by atoms with Crippen LogP contribution in [0, 0.1) is 11.3 Å². The molecule has 2 rings (SSSR count). The Morgan fingerprint density at radius 1 is 1.48 bits per heavy atom. The molecule has 0 saturated carbocycles. The van der Waals surface area contributed by atoms with Crippen LogP contribution >= 0.6 is 0 Å². The molecule has 0 unspecified atom stereocenters. The first-order valence-electron chi connectivity index (χ1n) is 6.59. The van der Waals surface area contributed by atoms with Gasteiger partial charge in [-0.15, -0.1) is 0 Å². The van der Waals surface area contributed by atoms with Gasteiger partial charge in [-0.2, -0.15) is 5.26 Å². The first-order valence-corrected chi connectivity index (χ1v) is 6.59. The Labute approximate surface area is 121 Å². The van der Waals surface area contributed by atoms with E-state index in [0.717, 1.165) is 6.07 Å². The van der Waals surface area contributed by atoms with Crippen molar-refractivity contribution >= 4 is 11.9 Å². The third-order valence-corrected chi connectivity index (χ3v) is 3.24. The third kappa shape index (κ3) is 3.08. The lowest BCUT2D eigenvalue weighted by Gasteiger charge is -2.35. The molecule has 112 valence electrons. The van der Waals surface area contributed by atoms with Crippen LogP contribution in [0.25, 0.3) is 0 Å². The topological polar surface area (TPSA) is 110 Å². The molecule has 0 radical (unpaired) electrons. The van der Waals surface area contributed by atoms with Gasteiger partial charge in [0.2, 0.25) is 0 Å². The highest BCUT2D eigenvalue weighted by Crippen LogP contribution is 2.24. The first kappa shape index (κ1) is 14.7. The lowest BCUT2D eigenvalue weighted by Crippen LogP contribution is -2.49. The maximum atomic E-state index is 11.6. The zero-order valence-electron chi connectivity index (χ0n) is 11.6. The highest BCUT2D eigenvalue weighted by atomic mass is 16.6. The Kier molecular flexibility index (Phi) is 4.33. The largest absolute Gasteiger partial charge is 0.506 e. The summed E-state index contributed by atoms with van der Waals surface area (Å²) < 4.78 is 4.92. The average Bonchev–Trinajstić information content (AvgIpc) is 2.47. The quantitative estimate of drug-likeness (QED) is 0.807. The summed E-state index contributed by atoms with van der Waals surface area (Å²) in [7, 11) is 0. The number of anilines is 1. The van der Waals surface area contributed by atoms with Crippen LogP contribution < -0.4 is 10.5 Å². The molecule has 1 fully saturated rings. The summed E-state index contributed by atoms with van der Waals surface area (Å²) in [6, 6.07) is 2.84. The molecular weight excluding hydrogens is 276 g/mol. The highest BCUT2D eigenvalue weighted by molar-refractivity contribution is 5.68. The summed E-state index contributed by atoms with van der Waals surface area (Å²) >= 11 is 0. The molecular formula is C13H16N4O4. The van der Waals surface area contributed by atoms with E-state index < -0.39 is 5.56 Å². The van der Waals surface area contributed by atoms with Crippen LogP contribution in [0.5, 0.6) is 5.75 Å². The predicted molar refractivity (Wildman–Crippen MR) is 74.3 cm³/mol.